The first-order valence-electron chi connectivity index (χ1n) is 8.25. The molecule has 2 aliphatic rings. The van der Waals surface area contributed by atoms with Crippen LogP contribution in [0.1, 0.15) is 39.2 Å². The van der Waals surface area contributed by atoms with Gasteiger partial charge in [-0.25, -0.2) is 4.79 Å². The molecule has 2 heterocycles. The van der Waals surface area contributed by atoms with E-state index in [2.05, 4.69) is 29.6 Å². The molecule has 1 N–H and O–H groups in total. The molecule has 0 aromatic heterocycles. The van der Waals surface area contributed by atoms with Crippen molar-refractivity contribution in [2.45, 2.75) is 51.7 Å². The number of benzene rings is 1. The zero-order valence-corrected chi connectivity index (χ0v) is 13.8. The van der Waals surface area contributed by atoms with Gasteiger partial charge in [0.1, 0.15) is 5.60 Å². The summed E-state index contributed by atoms with van der Waals surface area (Å²) in [4.78, 5) is 14.2. The molecule has 120 valence electrons. The molecule has 2 aliphatic heterocycles. The predicted molar refractivity (Wildman–Crippen MR) is 88.1 cm³/mol. The van der Waals surface area contributed by atoms with Gasteiger partial charge in [-0.1, -0.05) is 18.2 Å². The molecule has 1 saturated heterocycles. The van der Waals surface area contributed by atoms with Gasteiger partial charge in [0.2, 0.25) is 0 Å². The van der Waals surface area contributed by atoms with Crippen LogP contribution in [0.25, 0.3) is 0 Å². The number of rotatable bonds is 1. The Morgan fingerprint density at radius 1 is 1.32 bits per heavy atom. The molecule has 4 nitrogen and oxygen atoms in total. The molecule has 1 aromatic rings. The Kier molecular flexibility index (Phi) is 4.02. The van der Waals surface area contributed by atoms with Crippen molar-refractivity contribution in [3.05, 3.63) is 29.8 Å². The van der Waals surface area contributed by atoms with E-state index in [4.69, 9.17) is 4.74 Å². The van der Waals surface area contributed by atoms with Crippen molar-refractivity contribution in [3.8, 4) is 0 Å². The van der Waals surface area contributed by atoms with Gasteiger partial charge in [-0.2, -0.15) is 0 Å². The molecule has 1 fully saturated rings. The number of amides is 1. The Bertz CT molecular complexity index is 525. The van der Waals surface area contributed by atoms with Gasteiger partial charge in [-0.15, -0.1) is 0 Å². The van der Waals surface area contributed by atoms with Crippen LogP contribution in [0.5, 0.6) is 0 Å². The number of para-hydroxylation sites is 1. The highest BCUT2D eigenvalue weighted by Gasteiger charge is 2.34. The van der Waals surface area contributed by atoms with Crippen LogP contribution in [0, 0.1) is 5.92 Å². The van der Waals surface area contributed by atoms with Crippen molar-refractivity contribution in [1.82, 2.24) is 4.90 Å². The van der Waals surface area contributed by atoms with Gasteiger partial charge in [0.25, 0.3) is 0 Å². The second-order valence-corrected chi connectivity index (χ2v) is 7.44. The quantitative estimate of drug-likeness (QED) is 0.860. The summed E-state index contributed by atoms with van der Waals surface area (Å²) < 4.78 is 5.52. The number of hydrogen-bond acceptors (Lipinski definition) is 3. The highest BCUT2D eigenvalue weighted by Crippen LogP contribution is 2.32. The molecule has 0 spiro atoms. The van der Waals surface area contributed by atoms with Crippen LogP contribution in [0.3, 0.4) is 0 Å². The third-order valence-corrected chi connectivity index (χ3v) is 4.48. The van der Waals surface area contributed by atoms with E-state index >= 15 is 0 Å². The summed E-state index contributed by atoms with van der Waals surface area (Å²) in [7, 11) is 0. The number of carbonyl (C=O) groups is 1. The van der Waals surface area contributed by atoms with Gasteiger partial charge in [0.05, 0.1) is 0 Å². The predicted octanol–water partition coefficient (Wildman–Crippen LogP) is 3.67. The zero-order chi connectivity index (χ0) is 15.7. The molecule has 2 unspecified atom stereocenters. The minimum absolute atomic E-state index is 0.173. The van der Waals surface area contributed by atoms with Gasteiger partial charge in [-0.05, 0) is 57.6 Å². The second kappa shape index (κ2) is 5.82. The van der Waals surface area contributed by atoms with Gasteiger partial charge in [0.15, 0.2) is 0 Å². The topological polar surface area (TPSA) is 41.6 Å². The number of anilines is 1. The maximum absolute atomic E-state index is 12.3. The van der Waals surface area contributed by atoms with Crippen molar-refractivity contribution < 1.29 is 9.53 Å². The van der Waals surface area contributed by atoms with E-state index in [9.17, 15) is 4.79 Å². The number of piperidine rings is 1. The summed E-state index contributed by atoms with van der Waals surface area (Å²) in [6.07, 6.45) is 3.11. The van der Waals surface area contributed by atoms with Crippen LogP contribution in [-0.4, -0.2) is 35.7 Å². The standard InChI is InChI=1S/C18H26N2O2/c1-18(2,3)22-17(21)20-10-6-8-14(12-20)16-11-13-7-4-5-9-15(13)19-16/h4-5,7,9,14,16,19H,6,8,10-12H2,1-3H3. The third-order valence-electron chi connectivity index (χ3n) is 4.48. The lowest BCUT2D eigenvalue weighted by Gasteiger charge is -2.36. The smallest absolute Gasteiger partial charge is 0.410 e. The van der Waals surface area contributed by atoms with Crippen molar-refractivity contribution in [3.63, 3.8) is 0 Å². The lowest BCUT2D eigenvalue weighted by molar-refractivity contribution is 0.0157. The second-order valence-electron chi connectivity index (χ2n) is 7.44. The fourth-order valence-corrected chi connectivity index (χ4v) is 3.44. The number of ether oxygens (including phenoxy) is 1. The molecule has 2 atom stereocenters. The van der Waals surface area contributed by atoms with Crippen LogP contribution in [-0.2, 0) is 11.2 Å². The van der Waals surface area contributed by atoms with Gasteiger partial charge < -0.3 is 15.0 Å². The minimum atomic E-state index is -0.425. The molecule has 22 heavy (non-hydrogen) atoms. The minimum Gasteiger partial charge on any atom is -0.444 e. The van der Waals surface area contributed by atoms with E-state index in [1.165, 1.54) is 17.7 Å². The summed E-state index contributed by atoms with van der Waals surface area (Å²) in [5, 5.41) is 3.63. The highest BCUT2D eigenvalue weighted by atomic mass is 16.6. The Morgan fingerprint density at radius 2 is 2.09 bits per heavy atom. The van der Waals surface area contributed by atoms with E-state index in [0.29, 0.717) is 12.0 Å². The summed E-state index contributed by atoms with van der Waals surface area (Å²) in [5.74, 6) is 0.494. The van der Waals surface area contributed by atoms with Crippen molar-refractivity contribution in [1.29, 1.82) is 0 Å². The number of likely N-dealkylation sites (tertiary alicyclic amines) is 1. The van der Waals surface area contributed by atoms with E-state index in [1.54, 1.807) is 0 Å². The Morgan fingerprint density at radius 3 is 2.82 bits per heavy atom. The summed E-state index contributed by atoms with van der Waals surface area (Å²) >= 11 is 0. The average Bonchev–Trinajstić information content (AvgIpc) is 2.89. The van der Waals surface area contributed by atoms with E-state index < -0.39 is 5.60 Å². The number of hydrogen-bond donors (Lipinski definition) is 1. The fourth-order valence-electron chi connectivity index (χ4n) is 3.44. The first kappa shape index (κ1) is 15.2. The van der Waals surface area contributed by atoms with Crippen LogP contribution >= 0.6 is 0 Å². The Hall–Kier alpha value is -1.71. The Balaban J connectivity index is 1.61. The molecule has 1 aromatic carbocycles. The third kappa shape index (κ3) is 3.37. The maximum atomic E-state index is 12.3. The average molecular weight is 302 g/mol. The molecule has 4 heteroatoms. The van der Waals surface area contributed by atoms with Gasteiger partial charge in [-0.3, -0.25) is 0 Å². The largest absolute Gasteiger partial charge is 0.444 e. The zero-order valence-electron chi connectivity index (χ0n) is 13.8. The van der Waals surface area contributed by atoms with Crippen LogP contribution in [0.4, 0.5) is 10.5 Å². The van der Waals surface area contributed by atoms with E-state index in [0.717, 1.165) is 25.9 Å². The summed E-state index contributed by atoms with van der Waals surface area (Å²) in [5.41, 5.74) is 2.22. The number of fused-ring (bicyclic) bond motifs is 1. The highest BCUT2D eigenvalue weighted by molar-refractivity contribution is 5.68. The lowest BCUT2D eigenvalue weighted by Crippen LogP contribution is -2.46. The molecule has 1 amide bonds. The van der Waals surface area contributed by atoms with Crippen molar-refractivity contribution in [2.75, 3.05) is 18.4 Å². The number of carbonyl (C=O) groups excluding carboxylic acids is 1. The van der Waals surface area contributed by atoms with Gasteiger partial charge >= 0.3 is 6.09 Å². The first-order chi connectivity index (χ1) is 10.4. The van der Waals surface area contributed by atoms with E-state index in [-0.39, 0.29) is 6.09 Å². The molecule has 0 saturated carbocycles. The summed E-state index contributed by atoms with van der Waals surface area (Å²) in [6, 6.07) is 8.93. The van der Waals surface area contributed by atoms with Crippen molar-refractivity contribution in [2.24, 2.45) is 5.92 Å². The number of nitrogens with zero attached hydrogens (tertiary/aromatic N) is 1. The molecular formula is C18H26N2O2. The van der Waals surface area contributed by atoms with Crippen molar-refractivity contribution >= 4 is 11.8 Å². The number of nitrogens with one attached hydrogen (secondary N) is 1. The van der Waals surface area contributed by atoms with Crippen LogP contribution in [0.2, 0.25) is 0 Å². The Labute approximate surface area is 132 Å². The van der Waals surface area contributed by atoms with Crippen LogP contribution in [0.15, 0.2) is 24.3 Å². The van der Waals surface area contributed by atoms with Gasteiger partial charge in [0, 0.05) is 24.8 Å². The SMILES string of the molecule is CC(C)(C)OC(=O)N1CCCC(C2Cc3ccccc3N2)C1. The molecule has 3 rings (SSSR count). The monoisotopic (exact) mass is 302 g/mol. The maximum Gasteiger partial charge on any atom is 0.410 e. The van der Waals surface area contributed by atoms with Crippen LogP contribution < -0.4 is 5.32 Å². The molecule has 0 radical (unpaired) electrons. The normalized spacial score (nSPS) is 24.6. The van der Waals surface area contributed by atoms with E-state index in [1.807, 2.05) is 25.7 Å². The first-order valence-corrected chi connectivity index (χ1v) is 8.25. The lowest BCUT2D eigenvalue weighted by atomic mass is 9.89. The fraction of sp³-hybridized carbons (Fsp3) is 0.611. The molecular weight excluding hydrogens is 276 g/mol. The summed E-state index contributed by atoms with van der Waals surface area (Å²) in [6.45, 7) is 7.36. The molecule has 0 aliphatic carbocycles. The molecule has 0 bridgehead atoms.